The summed E-state index contributed by atoms with van der Waals surface area (Å²) in [5.41, 5.74) is 0. The van der Waals surface area contributed by atoms with Crippen LogP contribution in [0, 0.1) is 0 Å². The van der Waals surface area contributed by atoms with Crippen LogP contribution in [0.1, 0.15) is 19.3 Å². The number of urea groups is 1. The molecule has 2 amide bonds. The van der Waals surface area contributed by atoms with Gasteiger partial charge in [0.15, 0.2) is 5.13 Å². The van der Waals surface area contributed by atoms with Gasteiger partial charge in [-0.3, -0.25) is 5.32 Å². The summed E-state index contributed by atoms with van der Waals surface area (Å²) in [6.45, 7) is 2.97. The van der Waals surface area contributed by atoms with Crippen molar-refractivity contribution in [3.8, 4) is 0 Å². The molecule has 19 heavy (non-hydrogen) atoms. The molecule has 1 aliphatic heterocycles. The number of piperidine rings is 1. The van der Waals surface area contributed by atoms with Crippen LogP contribution in [0.3, 0.4) is 0 Å². The first-order valence-corrected chi connectivity index (χ1v) is 7.47. The second kappa shape index (κ2) is 7.42. The highest BCUT2D eigenvalue weighted by atomic mass is 32.1. The SMILES string of the molecule is O=C(NC[C@H](O)CN1CCCCC1)Nc1nccs1. The number of likely N-dealkylation sites (tertiary alicyclic amines) is 1. The van der Waals surface area contributed by atoms with Crippen LogP contribution in [0.15, 0.2) is 11.6 Å². The topological polar surface area (TPSA) is 77.5 Å². The molecule has 1 atom stereocenters. The summed E-state index contributed by atoms with van der Waals surface area (Å²) < 4.78 is 0. The van der Waals surface area contributed by atoms with E-state index in [9.17, 15) is 9.90 Å². The summed E-state index contributed by atoms with van der Waals surface area (Å²) in [6.07, 6.45) is 4.78. The highest BCUT2D eigenvalue weighted by molar-refractivity contribution is 7.13. The molecule has 0 radical (unpaired) electrons. The van der Waals surface area contributed by atoms with Crippen molar-refractivity contribution in [1.82, 2.24) is 15.2 Å². The highest BCUT2D eigenvalue weighted by Gasteiger charge is 2.15. The van der Waals surface area contributed by atoms with Gasteiger partial charge in [0.2, 0.25) is 0 Å². The Labute approximate surface area is 116 Å². The van der Waals surface area contributed by atoms with Crippen molar-refractivity contribution in [3.05, 3.63) is 11.6 Å². The van der Waals surface area contributed by atoms with Crippen molar-refractivity contribution in [3.63, 3.8) is 0 Å². The Balaban J connectivity index is 1.62. The Morgan fingerprint density at radius 2 is 2.26 bits per heavy atom. The number of anilines is 1. The summed E-state index contributed by atoms with van der Waals surface area (Å²) in [5.74, 6) is 0. The summed E-state index contributed by atoms with van der Waals surface area (Å²) in [5, 5.41) is 17.5. The molecule has 3 N–H and O–H groups in total. The van der Waals surface area contributed by atoms with Crippen LogP contribution < -0.4 is 10.6 Å². The first-order valence-electron chi connectivity index (χ1n) is 6.59. The maximum Gasteiger partial charge on any atom is 0.321 e. The second-order valence-corrected chi connectivity index (χ2v) is 5.58. The van der Waals surface area contributed by atoms with Gasteiger partial charge in [0.05, 0.1) is 6.10 Å². The number of hydrogen-bond donors (Lipinski definition) is 3. The summed E-state index contributed by atoms with van der Waals surface area (Å²) in [7, 11) is 0. The molecule has 1 saturated heterocycles. The second-order valence-electron chi connectivity index (χ2n) is 4.69. The minimum absolute atomic E-state index is 0.258. The van der Waals surface area contributed by atoms with Crippen molar-refractivity contribution in [2.24, 2.45) is 0 Å². The van der Waals surface area contributed by atoms with Gasteiger partial charge in [0.1, 0.15) is 0 Å². The number of thiazole rings is 1. The van der Waals surface area contributed by atoms with E-state index in [1.54, 1.807) is 11.6 Å². The van der Waals surface area contributed by atoms with Gasteiger partial charge in [-0.15, -0.1) is 11.3 Å². The molecule has 0 aromatic carbocycles. The number of carbonyl (C=O) groups is 1. The van der Waals surface area contributed by atoms with E-state index in [1.807, 2.05) is 0 Å². The van der Waals surface area contributed by atoms with Gasteiger partial charge >= 0.3 is 6.03 Å². The average Bonchev–Trinajstić information content (AvgIpc) is 2.90. The van der Waals surface area contributed by atoms with Gasteiger partial charge < -0.3 is 15.3 Å². The maximum absolute atomic E-state index is 11.5. The van der Waals surface area contributed by atoms with Gasteiger partial charge in [-0.2, -0.15) is 0 Å². The van der Waals surface area contributed by atoms with Crippen molar-refractivity contribution < 1.29 is 9.90 Å². The molecule has 2 rings (SSSR count). The molecule has 0 bridgehead atoms. The van der Waals surface area contributed by atoms with Gasteiger partial charge in [-0.05, 0) is 25.9 Å². The van der Waals surface area contributed by atoms with Gasteiger partial charge in [-0.1, -0.05) is 6.42 Å². The molecule has 0 spiro atoms. The number of aromatic nitrogens is 1. The van der Waals surface area contributed by atoms with Crippen molar-refractivity contribution >= 4 is 22.5 Å². The number of carbonyl (C=O) groups excluding carboxylic acids is 1. The number of amides is 2. The van der Waals surface area contributed by atoms with Gasteiger partial charge in [0, 0.05) is 24.7 Å². The Morgan fingerprint density at radius 3 is 2.95 bits per heavy atom. The fourth-order valence-corrected chi connectivity index (χ4v) is 2.67. The predicted octanol–water partition coefficient (Wildman–Crippen LogP) is 1.11. The van der Waals surface area contributed by atoms with Crippen LogP contribution in [-0.4, -0.2) is 53.3 Å². The monoisotopic (exact) mass is 284 g/mol. The van der Waals surface area contributed by atoms with E-state index < -0.39 is 6.10 Å². The third-order valence-electron chi connectivity index (χ3n) is 3.07. The molecule has 1 aromatic heterocycles. The molecule has 1 aromatic rings. The van der Waals surface area contributed by atoms with Gasteiger partial charge in [-0.25, -0.2) is 9.78 Å². The van der Waals surface area contributed by atoms with Gasteiger partial charge in [0.25, 0.3) is 0 Å². The lowest BCUT2D eigenvalue weighted by atomic mass is 10.1. The van der Waals surface area contributed by atoms with Crippen molar-refractivity contribution in [2.75, 3.05) is 31.5 Å². The molecule has 0 saturated carbocycles. The first-order chi connectivity index (χ1) is 9.24. The van der Waals surface area contributed by atoms with E-state index in [0.717, 1.165) is 13.1 Å². The summed E-state index contributed by atoms with van der Waals surface area (Å²) in [4.78, 5) is 17.7. The Kier molecular flexibility index (Phi) is 5.56. The molecule has 0 unspecified atom stereocenters. The third kappa shape index (κ3) is 5.14. The zero-order chi connectivity index (χ0) is 13.5. The van der Waals surface area contributed by atoms with Crippen LogP contribution >= 0.6 is 11.3 Å². The average molecular weight is 284 g/mol. The van der Waals surface area contributed by atoms with Crippen LogP contribution in [-0.2, 0) is 0 Å². The fourth-order valence-electron chi connectivity index (χ4n) is 2.14. The van der Waals surface area contributed by atoms with E-state index in [-0.39, 0.29) is 12.6 Å². The zero-order valence-electron chi connectivity index (χ0n) is 10.8. The lowest BCUT2D eigenvalue weighted by Gasteiger charge is -2.28. The quantitative estimate of drug-likeness (QED) is 0.757. The molecule has 2 heterocycles. The number of aliphatic hydroxyl groups excluding tert-OH is 1. The lowest BCUT2D eigenvalue weighted by molar-refractivity contribution is 0.102. The Bertz CT molecular complexity index is 379. The Morgan fingerprint density at radius 1 is 1.47 bits per heavy atom. The highest BCUT2D eigenvalue weighted by Crippen LogP contribution is 2.10. The number of hydrogen-bond acceptors (Lipinski definition) is 5. The smallest absolute Gasteiger partial charge is 0.321 e. The maximum atomic E-state index is 11.5. The molecule has 0 aliphatic carbocycles. The fraction of sp³-hybridized carbons (Fsp3) is 0.667. The van der Waals surface area contributed by atoms with E-state index in [4.69, 9.17) is 0 Å². The van der Waals surface area contributed by atoms with E-state index in [0.29, 0.717) is 11.7 Å². The molecule has 1 aliphatic rings. The molecular weight excluding hydrogens is 264 g/mol. The Hall–Kier alpha value is -1.18. The van der Waals surface area contributed by atoms with Crippen LogP contribution in [0.2, 0.25) is 0 Å². The molecule has 1 fully saturated rings. The number of nitrogens with one attached hydrogen (secondary N) is 2. The molecular formula is C12H20N4O2S. The molecule has 106 valence electrons. The van der Waals surface area contributed by atoms with E-state index in [2.05, 4.69) is 20.5 Å². The number of β-amino-alcohol motifs (C(OH)–C–C–N with tert-alkyl or cyclic N) is 1. The molecule has 6 nitrogen and oxygen atoms in total. The molecule has 7 heteroatoms. The minimum Gasteiger partial charge on any atom is -0.390 e. The zero-order valence-corrected chi connectivity index (χ0v) is 11.7. The summed E-state index contributed by atoms with van der Waals surface area (Å²) in [6, 6.07) is -0.326. The third-order valence-corrected chi connectivity index (χ3v) is 3.76. The van der Waals surface area contributed by atoms with Crippen LogP contribution in [0.25, 0.3) is 0 Å². The summed E-state index contributed by atoms with van der Waals surface area (Å²) >= 11 is 1.36. The normalized spacial score (nSPS) is 17.9. The lowest BCUT2D eigenvalue weighted by Crippen LogP contribution is -2.42. The van der Waals surface area contributed by atoms with E-state index in [1.165, 1.54) is 30.6 Å². The van der Waals surface area contributed by atoms with Crippen molar-refractivity contribution in [2.45, 2.75) is 25.4 Å². The number of nitrogens with zero attached hydrogens (tertiary/aromatic N) is 2. The standard InChI is InChI=1S/C12H20N4O2S/c17-10(9-16-5-2-1-3-6-16)8-14-11(18)15-12-13-4-7-19-12/h4,7,10,17H,1-3,5-6,8-9H2,(H2,13,14,15,18)/t10-/m0/s1. The largest absolute Gasteiger partial charge is 0.390 e. The predicted molar refractivity (Wildman–Crippen MR) is 75.4 cm³/mol. The number of rotatable bonds is 5. The number of aliphatic hydroxyl groups is 1. The van der Waals surface area contributed by atoms with Crippen LogP contribution in [0.4, 0.5) is 9.93 Å². The van der Waals surface area contributed by atoms with Crippen LogP contribution in [0.5, 0.6) is 0 Å². The minimum atomic E-state index is -0.528. The van der Waals surface area contributed by atoms with E-state index >= 15 is 0 Å². The van der Waals surface area contributed by atoms with Crippen molar-refractivity contribution in [1.29, 1.82) is 0 Å². The first kappa shape index (κ1) is 14.2.